The maximum atomic E-state index is 13.0. The molecule has 2 aliphatic heterocycles. The van der Waals surface area contributed by atoms with Crippen LogP contribution in [0.15, 0.2) is 71.9 Å². The molecule has 4 rings (SSSR count). The summed E-state index contributed by atoms with van der Waals surface area (Å²) in [6.07, 6.45) is -0.00943. The highest BCUT2D eigenvalue weighted by Gasteiger charge is 2.45. The Morgan fingerprint density at radius 2 is 1.65 bits per heavy atom. The van der Waals surface area contributed by atoms with Gasteiger partial charge in [-0.2, -0.15) is 0 Å². The van der Waals surface area contributed by atoms with Gasteiger partial charge < -0.3 is 4.74 Å². The number of esters is 1. The van der Waals surface area contributed by atoms with Crippen molar-refractivity contribution in [2.24, 2.45) is 0 Å². The number of ether oxygens (including phenoxy) is 1. The van der Waals surface area contributed by atoms with Gasteiger partial charge in [-0.25, -0.2) is 4.79 Å². The summed E-state index contributed by atoms with van der Waals surface area (Å²) in [7, 11) is 0. The summed E-state index contributed by atoms with van der Waals surface area (Å²) in [5.41, 5.74) is 3.12. The van der Waals surface area contributed by atoms with Crippen LogP contribution in [-0.2, 0) is 14.3 Å². The van der Waals surface area contributed by atoms with Gasteiger partial charge >= 0.3 is 5.97 Å². The van der Waals surface area contributed by atoms with Gasteiger partial charge in [0.25, 0.3) is 0 Å². The first-order valence-corrected chi connectivity index (χ1v) is 9.64. The number of amides is 1. The van der Waals surface area contributed by atoms with Crippen molar-refractivity contribution >= 4 is 23.6 Å². The lowest BCUT2D eigenvalue weighted by Crippen LogP contribution is -2.54. The van der Waals surface area contributed by atoms with Crippen LogP contribution in [0.2, 0.25) is 0 Å². The van der Waals surface area contributed by atoms with Crippen molar-refractivity contribution in [3.8, 4) is 0 Å². The van der Waals surface area contributed by atoms with Gasteiger partial charge in [-0.05, 0) is 23.6 Å². The topological polar surface area (TPSA) is 46.6 Å². The molecule has 26 heavy (non-hydrogen) atoms. The van der Waals surface area contributed by atoms with Crippen LogP contribution >= 0.6 is 11.8 Å². The lowest BCUT2D eigenvalue weighted by molar-refractivity contribution is -0.151. The Labute approximate surface area is 156 Å². The molecule has 1 atom stereocenters. The van der Waals surface area contributed by atoms with Gasteiger partial charge in [-0.15, -0.1) is 11.8 Å². The molecular weight excluding hydrogens is 346 g/mol. The molecule has 4 nitrogen and oxygen atoms in total. The standard InChI is InChI=1S/C21H19NO3S/c1-14-13-26-18-12-17(23)22(18)19(14)21(24)25-20(15-8-4-2-5-9-15)16-10-6-3-7-11-16/h2-11,18,20H,12-13H2,1H3. The molecule has 0 spiro atoms. The summed E-state index contributed by atoms with van der Waals surface area (Å²) < 4.78 is 5.93. The first-order valence-electron chi connectivity index (χ1n) is 8.59. The Morgan fingerprint density at radius 3 is 2.19 bits per heavy atom. The highest BCUT2D eigenvalue weighted by molar-refractivity contribution is 8.00. The van der Waals surface area contributed by atoms with Crippen LogP contribution in [0.25, 0.3) is 0 Å². The van der Waals surface area contributed by atoms with Gasteiger partial charge in [0.15, 0.2) is 6.10 Å². The molecule has 2 aromatic rings. The lowest BCUT2D eigenvalue weighted by Gasteiger charge is -2.44. The summed E-state index contributed by atoms with van der Waals surface area (Å²) in [4.78, 5) is 26.6. The number of thioether (sulfide) groups is 1. The summed E-state index contributed by atoms with van der Waals surface area (Å²) in [6.45, 7) is 1.89. The van der Waals surface area contributed by atoms with E-state index in [1.165, 1.54) is 0 Å². The average molecular weight is 365 g/mol. The van der Waals surface area contributed by atoms with Crippen LogP contribution < -0.4 is 0 Å². The van der Waals surface area contributed by atoms with Crippen LogP contribution in [0.5, 0.6) is 0 Å². The third kappa shape index (κ3) is 3.03. The second-order valence-corrected chi connectivity index (χ2v) is 7.64. The number of rotatable bonds is 4. The van der Waals surface area contributed by atoms with Crippen molar-refractivity contribution in [1.29, 1.82) is 0 Å². The van der Waals surface area contributed by atoms with Crippen molar-refractivity contribution in [2.75, 3.05) is 5.75 Å². The molecular formula is C21H19NO3S. The van der Waals surface area contributed by atoms with Crippen molar-refractivity contribution in [2.45, 2.75) is 24.8 Å². The number of β-lactam (4-membered cyclic amide) rings is 1. The van der Waals surface area contributed by atoms with E-state index in [1.807, 2.05) is 67.6 Å². The zero-order chi connectivity index (χ0) is 18.1. The van der Waals surface area contributed by atoms with Crippen LogP contribution in [-0.4, -0.2) is 27.9 Å². The number of benzene rings is 2. The van der Waals surface area contributed by atoms with E-state index in [-0.39, 0.29) is 11.3 Å². The van der Waals surface area contributed by atoms with Crippen molar-refractivity contribution in [1.82, 2.24) is 4.90 Å². The molecule has 5 heteroatoms. The number of carbonyl (C=O) groups excluding carboxylic acids is 2. The van der Waals surface area contributed by atoms with Gasteiger partial charge in [-0.3, -0.25) is 9.69 Å². The molecule has 0 N–H and O–H groups in total. The number of carbonyl (C=O) groups is 2. The fourth-order valence-corrected chi connectivity index (χ4v) is 4.52. The monoisotopic (exact) mass is 365 g/mol. The summed E-state index contributed by atoms with van der Waals surface area (Å²) in [5.74, 6) is 0.309. The molecule has 0 saturated carbocycles. The molecule has 2 aromatic carbocycles. The predicted molar refractivity (Wildman–Crippen MR) is 101 cm³/mol. The molecule has 1 saturated heterocycles. The number of hydrogen-bond acceptors (Lipinski definition) is 4. The molecule has 0 radical (unpaired) electrons. The molecule has 2 heterocycles. The number of fused-ring (bicyclic) bond motifs is 1. The Bertz CT molecular complexity index is 824. The molecule has 1 amide bonds. The fourth-order valence-electron chi connectivity index (χ4n) is 3.30. The van der Waals surface area contributed by atoms with Crippen LogP contribution in [0, 0.1) is 0 Å². The van der Waals surface area contributed by atoms with E-state index in [0.717, 1.165) is 22.5 Å². The Hall–Kier alpha value is -2.53. The highest BCUT2D eigenvalue weighted by Crippen LogP contribution is 2.40. The van der Waals surface area contributed by atoms with E-state index in [1.54, 1.807) is 16.7 Å². The van der Waals surface area contributed by atoms with E-state index >= 15 is 0 Å². The zero-order valence-corrected chi connectivity index (χ0v) is 15.2. The summed E-state index contributed by atoms with van der Waals surface area (Å²) in [5, 5.41) is 0.0700. The summed E-state index contributed by atoms with van der Waals surface area (Å²) >= 11 is 1.70. The average Bonchev–Trinajstić information content (AvgIpc) is 2.67. The van der Waals surface area contributed by atoms with Gasteiger partial charge in [0, 0.05) is 5.75 Å². The van der Waals surface area contributed by atoms with Crippen molar-refractivity contribution in [3.63, 3.8) is 0 Å². The second kappa shape index (κ2) is 7.00. The highest BCUT2D eigenvalue weighted by atomic mass is 32.2. The first-order chi connectivity index (χ1) is 12.6. The third-order valence-corrected chi connectivity index (χ3v) is 6.03. The quantitative estimate of drug-likeness (QED) is 0.609. The number of hydrogen-bond donors (Lipinski definition) is 0. The maximum absolute atomic E-state index is 13.0. The molecule has 1 fully saturated rings. The predicted octanol–water partition coefficient (Wildman–Crippen LogP) is 3.90. The van der Waals surface area contributed by atoms with Crippen LogP contribution in [0.1, 0.15) is 30.6 Å². The second-order valence-electron chi connectivity index (χ2n) is 6.47. The Kier molecular flexibility index (Phi) is 4.55. The number of nitrogens with zero attached hydrogens (tertiary/aromatic N) is 1. The van der Waals surface area contributed by atoms with Gasteiger partial charge in [0.2, 0.25) is 5.91 Å². The van der Waals surface area contributed by atoms with Crippen molar-refractivity contribution in [3.05, 3.63) is 83.1 Å². The van der Waals surface area contributed by atoms with Gasteiger partial charge in [0.05, 0.1) is 11.8 Å². The zero-order valence-electron chi connectivity index (χ0n) is 14.4. The minimum absolute atomic E-state index is 0.00975. The third-order valence-electron chi connectivity index (χ3n) is 4.67. The SMILES string of the molecule is CC1=C(C(=O)OC(c2ccccc2)c2ccccc2)N2C(=O)CC2SC1. The van der Waals surface area contributed by atoms with E-state index in [4.69, 9.17) is 4.74 Å². The fraction of sp³-hybridized carbons (Fsp3) is 0.238. The first kappa shape index (κ1) is 16.9. The minimum atomic E-state index is -0.505. The summed E-state index contributed by atoms with van der Waals surface area (Å²) in [6, 6.07) is 19.4. The lowest BCUT2D eigenvalue weighted by atomic mass is 10.0. The van der Waals surface area contributed by atoms with Gasteiger partial charge in [-0.1, -0.05) is 60.7 Å². The van der Waals surface area contributed by atoms with E-state index in [2.05, 4.69) is 0 Å². The molecule has 0 aliphatic carbocycles. The molecule has 2 aliphatic rings. The Morgan fingerprint density at radius 1 is 1.08 bits per heavy atom. The van der Waals surface area contributed by atoms with Crippen LogP contribution in [0.3, 0.4) is 0 Å². The van der Waals surface area contributed by atoms with Crippen LogP contribution in [0.4, 0.5) is 0 Å². The molecule has 132 valence electrons. The largest absolute Gasteiger partial charge is 0.448 e. The van der Waals surface area contributed by atoms with E-state index in [0.29, 0.717) is 12.1 Å². The maximum Gasteiger partial charge on any atom is 0.356 e. The molecule has 1 unspecified atom stereocenters. The van der Waals surface area contributed by atoms with E-state index in [9.17, 15) is 9.59 Å². The van der Waals surface area contributed by atoms with Crippen molar-refractivity contribution < 1.29 is 14.3 Å². The smallest absolute Gasteiger partial charge is 0.356 e. The normalized spacial score (nSPS) is 19.2. The molecule has 0 bridgehead atoms. The minimum Gasteiger partial charge on any atom is -0.448 e. The Balaban J connectivity index is 1.66. The molecule has 0 aromatic heterocycles. The van der Waals surface area contributed by atoms with Gasteiger partial charge in [0.1, 0.15) is 5.70 Å². The van der Waals surface area contributed by atoms with E-state index < -0.39 is 12.1 Å².